The van der Waals surface area contributed by atoms with Gasteiger partial charge in [0.05, 0.1) is 21.4 Å². The fourth-order valence-corrected chi connectivity index (χ4v) is 4.34. The van der Waals surface area contributed by atoms with Crippen LogP contribution < -0.4 is 4.72 Å². The molecule has 0 fully saturated rings. The molecule has 2 rings (SSSR count). The first-order valence-corrected chi connectivity index (χ1v) is 8.59. The summed E-state index contributed by atoms with van der Waals surface area (Å²) < 4.78 is 27.5. The molecular weight excluding hydrogens is 403 g/mol. The molecule has 1 aromatic carbocycles. The Morgan fingerprint density at radius 1 is 1.10 bits per heavy atom. The number of aryl methyl sites for hydroxylation is 2. The summed E-state index contributed by atoms with van der Waals surface area (Å²) in [4.78, 5) is 3.76. The van der Waals surface area contributed by atoms with Crippen LogP contribution in [0.15, 0.2) is 21.5 Å². The molecule has 0 amide bonds. The van der Waals surface area contributed by atoms with E-state index < -0.39 is 10.0 Å². The molecule has 21 heavy (non-hydrogen) atoms. The maximum Gasteiger partial charge on any atom is 0.267 e. The number of hydrogen-bond donors (Lipinski definition) is 1. The minimum absolute atomic E-state index is 0.0151. The first-order valence-electron chi connectivity index (χ1n) is 5.56. The lowest BCUT2D eigenvalue weighted by Crippen LogP contribution is -2.17. The molecule has 0 aliphatic rings. The van der Waals surface area contributed by atoms with Crippen molar-refractivity contribution >= 4 is 55.1 Å². The lowest BCUT2D eigenvalue weighted by atomic mass is 10.4. The second kappa shape index (κ2) is 6.04. The van der Waals surface area contributed by atoms with Gasteiger partial charge in [-0.05, 0) is 26.0 Å². The Morgan fingerprint density at radius 3 is 2.19 bits per heavy atom. The van der Waals surface area contributed by atoms with Crippen molar-refractivity contribution in [1.29, 1.82) is 0 Å². The highest BCUT2D eigenvalue weighted by Crippen LogP contribution is 2.33. The van der Waals surface area contributed by atoms with Crippen LogP contribution in [0.3, 0.4) is 0 Å². The first-order chi connectivity index (χ1) is 9.70. The SMILES string of the molecule is Cc1nnc(NS(=O)(=O)c2c(Cl)cc(Br)cc2Cl)nc1C. The molecule has 2 aromatic rings. The van der Waals surface area contributed by atoms with Crippen LogP contribution in [0.2, 0.25) is 10.0 Å². The molecule has 10 heteroatoms. The monoisotopic (exact) mass is 410 g/mol. The van der Waals surface area contributed by atoms with Gasteiger partial charge in [-0.3, -0.25) is 0 Å². The molecule has 0 aliphatic carbocycles. The third kappa shape index (κ3) is 3.63. The summed E-state index contributed by atoms with van der Waals surface area (Å²) in [6.07, 6.45) is 0. The Hall–Kier alpha value is -0.960. The van der Waals surface area contributed by atoms with E-state index in [0.717, 1.165) is 0 Å². The maximum absolute atomic E-state index is 12.3. The smallest absolute Gasteiger partial charge is 0.246 e. The first kappa shape index (κ1) is 16.4. The van der Waals surface area contributed by atoms with E-state index in [1.54, 1.807) is 13.8 Å². The van der Waals surface area contributed by atoms with Gasteiger partial charge >= 0.3 is 0 Å². The molecule has 1 heterocycles. The summed E-state index contributed by atoms with van der Waals surface area (Å²) in [6.45, 7) is 3.41. The van der Waals surface area contributed by atoms with E-state index in [2.05, 4.69) is 35.8 Å². The molecule has 0 unspecified atom stereocenters. The summed E-state index contributed by atoms with van der Waals surface area (Å²) in [5.74, 6) is -0.145. The van der Waals surface area contributed by atoms with Gasteiger partial charge in [0.2, 0.25) is 0 Å². The summed E-state index contributed by atoms with van der Waals surface area (Å²) >= 11 is 15.1. The summed E-state index contributed by atoms with van der Waals surface area (Å²) in [5, 5.41) is 7.45. The zero-order chi connectivity index (χ0) is 15.8. The molecule has 6 nitrogen and oxygen atoms in total. The normalized spacial score (nSPS) is 11.5. The lowest BCUT2D eigenvalue weighted by molar-refractivity contribution is 0.600. The fraction of sp³-hybridized carbons (Fsp3) is 0.182. The second-order valence-electron chi connectivity index (χ2n) is 4.11. The van der Waals surface area contributed by atoms with Crippen molar-refractivity contribution in [2.75, 3.05) is 4.72 Å². The number of aromatic nitrogens is 3. The van der Waals surface area contributed by atoms with Gasteiger partial charge in [-0.1, -0.05) is 39.1 Å². The van der Waals surface area contributed by atoms with Gasteiger partial charge in [-0.15, -0.1) is 5.10 Å². The quantitative estimate of drug-likeness (QED) is 0.836. The van der Waals surface area contributed by atoms with Crippen LogP contribution >= 0.6 is 39.1 Å². The van der Waals surface area contributed by atoms with Gasteiger partial charge in [0.1, 0.15) is 4.90 Å². The van der Waals surface area contributed by atoms with E-state index in [-0.39, 0.29) is 20.9 Å². The van der Waals surface area contributed by atoms with Gasteiger partial charge in [0, 0.05) is 4.47 Å². The average Bonchev–Trinajstić information content (AvgIpc) is 2.31. The predicted molar refractivity (Wildman–Crippen MR) is 84.3 cm³/mol. The molecule has 0 radical (unpaired) electrons. The largest absolute Gasteiger partial charge is 0.267 e. The second-order valence-corrected chi connectivity index (χ2v) is 7.46. The molecule has 0 bridgehead atoms. The van der Waals surface area contributed by atoms with E-state index in [9.17, 15) is 8.42 Å². The molecule has 1 aromatic heterocycles. The third-order valence-corrected chi connectivity index (χ3v) is 5.26. The number of halogens is 3. The minimum atomic E-state index is -4.02. The standard InChI is InChI=1S/C11H9BrCl2N4O2S/c1-5-6(2)16-17-11(15-5)18-21(19,20)10-8(13)3-7(12)4-9(10)14/h3-4H,1-2H3,(H,15,17,18). The lowest BCUT2D eigenvalue weighted by Gasteiger charge is -2.10. The van der Waals surface area contributed by atoms with Crippen molar-refractivity contribution < 1.29 is 8.42 Å². The van der Waals surface area contributed by atoms with E-state index >= 15 is 0 Å². The Morgan fingerprint density at radius 2 is 1.67 bits per heavy atom. The summed E-state index contributed by atoms with van der Waals surface area (Å²) in [5.41, 5.74) is 1.17. The Labute approximate surface area is 140 Å². The molecule has 1 N–H and O–H groups in total. The van der Waals surface area contributed by atoms with Crippen LogP contribution in [0.5, 0.6) is 0 Å². The van der Waals surface area contributed by atoms with Gasteiger partial charge in [-0.25, -0.2) is 18.1 Å². The maximum atomic E-state index is 12.3. The third-order valence-electron chi connectivity index (χ3n) is 2.55. The van der Waals surface area contributed by atoms with Crippen molar-refractivity contribution in [3.63, 3.8) is 0 Å². The molecule has 112 valence electrons. The van der Waals surface area contributed by atoms with Crippen molar-refractivity contribution in [3.8, 4) is 0 Å². The highest BCUT2D eigenvalue weighted by Gasteiger charge is 2.23. The van der Waals surface area contributed by atoms with Crippen molar-refractivity contribution in [2.24, 2.45) is 0 Å². The van der Waals surface area contributed by atoms with E-state index in [1.807, 2.05) is 0 Å². The number of hydrogen-bond acceptors (Lipinski definition) is 5. The van der Waals surface area contributed by atoms with Crippen molar-refractivity contribution in [3.05, 3.63) is 38.0 Å². The number of nitrogens with one attached hydrogen (secondary N) is 1. The Balaban J connectivity index is 2.46. The van der Waals surface area contributed by atoms with Crippen molar-refractivity contribution in [2.45, 2.75) is 18.7 Å². The molecule has 0 atom stereocenters. The van der Waals surface area contributed by atoms with E-state index in [4.69, 9.17) is 23.2 Å². The average molecular weight is 412 g/mol. The van der Waals surface area contributed by atoms with Crippen molar-refractivity contribution in [1.82, 2.24) is 15.2 Å². The van der Waals surface area contributed by atoms with Crippen LogP contribution in [-0.4, -0.2) is 23.6 Å². The van der Waals surface area contributed by atoms with Crippen LogP contribution in [0.25, 0.3) is 0 Å². The molecule has 0 saturated heterocycles. The molecular formula is C11H9BrCl2N4O2S. The number of benzene rings is 1. The summed E-state index contributed by atoms with van der Waals surface area (Å²) in [6, 6.07) is 2.86. The van der Waals surface area contributed by atoms with Crippen LogP contribution in [0, 0.1) is 13.8 Å². The van der Waals surface area contributed by atoms with Crippen LogP contribution in [0.4, 0.5) is 5.95 Å². The summed E-state index contributed by atoms with van der Waals surface area (Å²) in [7, 11) is -4.02. The van der Waals surface area contributed by atoms with E-state index in [0.29, 0.717) is 15.9 Å². The molecule has 0 aliphatic heterocycles. The topological polar surface area (TPSA) is 84.8 Å². The highest BCUT2D eigenvalue weighted by atomic mass is 79.9. The highest BCUT2D eigenvalue weighted by molar-refractivity contribution is 9.10. The number of anilines is 1. The van der Waals surface area contributed by atoms with Gasteiger partial charge in [0.15, 0.2) is 0 Å². The molecule has 0 spiro atoms. The zero-order valence-electron chi connectivity index (χ0n) is 10.9. The number of rotatable bonds is 3. The Kier molecular flexibility index (Phi) is 4.72. The minimum Gasteiger partial charge on any atom is -0.246 e. The fourth-order valence-electron chi connectivity index (χ4n) is 1.46. The zero-order valence-corrected chi connectivity index (χ0v) is 14.8. The van der Waals surface area contributed by atoms with Crippen LogP contribution in [0.1, 0.15) is 11.4 Å². The number of sulfonamides is 1. The van der Waals surface area contributed by atoms with E-state index in [1.165, 1.54) is 12.1 Å². The van der Waals surface area contributed by atoms with Crippen LogP contribution in [-0.2, 0) is 10.0 Å². The Bertz CT molecular complexity index is 791. The van der Waals surface area contributed by atoms with Gasteiger partial charge in [-0.2, -0.15) is 5.10 Å². The predicted octanol–water partition coefficient (Wildman–Crippen LogP) is 3.36. The van der Waals surface area contributed by atoms with Gasteiger partial charge < -0.3 is 0 Å². The molecule has 0 saturated carbocycles. The number of nitrogens with zero attached hydrogens (tertiary/aromatic N) is 3. The van der Waals surface area contributed by atoms with Gasteiger partial charge in [0.25, 0.3) is 16.0 Å².